The monoisotopic (exact) mass is 565 g/mol. The number of aliphatic hydroxyl groups is 3. The van der Waals surface area contributed by atoms with Gasteiger partial charge in [0, 0.05) is 38.6 Å². The molecule has 1 saturated heterocycles. The lowest BCUT2D eigenvalue weighted by molar-refractivity contribution is -0.188. The maximum atomic E-state index is 10.1. The summed E-state index contributed by atoms with van der Waals surface area (Å²) in [5, 5.41) is 28.4. The molecule has 1 fully saturated rings. The van der Waals surface area contributed by atoms with Gasteiger partial charge in [0.1, 0.15) is 24.3 Å². The summed E-state index contributed by atoms with van der Waals surface area (Å²) >= 11 is 0. The minimum Gasteiger partial charge on any atom is -0.492 e. The summed E-state index contributed by atoms with van der Waals surface area (Å²) in [6.45, 7) is 4.91. The van der Waals surface area contributed by atoms with E-state index in [-0.39, 0.29) is 38.3 Å². The van der Waals surface area contributed by atoms with E-state index < -0.39 is 0 Å². The van der Waals surface area contributed by atoms with Gasteiger partial charge >= 0.3 is 0 Å². The first-order valence-electron chi connectivity index (χ1n) is 14.5. The van der Waals surface area contributed by atoms with Gasteiger partial charge in [0.05, 0.1) is 25.9 Å². The van der Waals surface area contributed by atoms with Gasteiger partial charge in [-0.2, -0.15) is 0 Å². The second kappa shape index (κ2) is 16.4. The standard InChI is InChI=1S/C32H43N3O6/c1-25(41-31-4-2-3-22-40-31)32-33-15-16-35(32)29(24-38)12-7-26-5-8-27(9-6-26)28-10-13-30(14-11-28)39-23-19-34(17-20-36)18-21-37/h5-16,25,29,31,36-38H,2-4,17-24H2,1H3/b12-7+/t25-,29-,31?/m0/s1. The molecular formula is C32H43N3O6. The number of aliphatic hydroxyl groups excluding tert-OH is 3. The van der Waals surface area contributed by atoms with Gasteiger partial charge in [-0.1, -0.05) is 48.6 Å². The highest BCUT2D eigenvalue weighted by molar-refractivity contribution is 5.66. The first kappa shape index (κ1) is 30.9. The predicted molar refractivity (Wildman–Crippen MR) is 158 cm³/mol. The SMILES string of the molecule is C[C@H](OC1CCCCO1)c1nccn1[C@@H](/C=C/c1ccc(-c2ccc(OCCN(CCO)CCO)cc2)cc1)CO. The van der Waals surface area contributed by atoms with Crippen molar-refractivity contribution in [2.75, 3.05) is 52.7 Å². The average molecular weight is 566 g/mol. The third kappa shape index (κ3) is 9.22. The zero-order chi connectivity index (χ0) is 28.9. The number of aromatic nitrogens is 2. The molecule has 41 heavy (non-hydrogen) atoms. The highest BCUT2D eigenvalue weighted by atomic mass is 16.7. The van der Waals surface area contributed by atoms with E-state index in [2.05, 4.69) is 29.2 Å². The van der Waals surface area contributed by atoms with Gasteiger partial charge in [-0.3, -0.25) is 4.90 Å². The van der Waals surface area contributed by atoms with Crippen molar-refractivity contribution in [2.45, 2.75) is 44.6 Å². The van der Waals surface area contributed by atoms with Crippen LogP contribution in [0.5, 0.6) is 5.75 Å². The molecule has 1 aliphatic rings. The van der Waals surface area contributed by atoms with Gasteiger partial charge in [0.25, 0.3) is 0 Å². The summed E-state index contributed by atoms with van der Waals surface area (Å²) in [6, 6.07) is 16.0. The fourth-order valence-corrected chi connectivity index (χ4v) is 4.93. The van der Waals surface area contributed by atoms with Crippen LogP contribution in [0, 0.1) is 0 Å². The molecule has 2 heterocycles. The molecule has 222 valence electrons. The van der Waals surface area contributed by atoms with E-state index in [0.717, 1.165) is 54.1 Å². The number of hydrogen-bond donors (Lipinski definition) is 3. The van der Waals surface area contributed by atoms with Crippen LogP contribution in [0.3, 0.4) is 0 Å². The number of nitrogens with zero attached hydrogens (tertiary/aromatic N) is 3. The van der Waals surface area contributed by atoms with Crippen molar-refractivity contribution in [3.63, 3.8) is 0 Å². The van der Waals surface area contributed by atoms with Crippen molar-refractivity contribution in [1.82, 2.24) is 14.5 Å². The van der Waals surface area contributed by atoms with Gasteiger partial charge in [0.2, 0.25) is 0 Å². The predicted octanol–water partition coefficient (Wildman–Crippen LogP) is 4.07. The van der Waals surface area contributed by atoms with E-state index in [1.54, 1.807) is 6.20 Å². The summed E-state index contributed by atoms with van der Waals surface area (Å²) in [4.78, 5) is 6.47. The van der Waals surface area contributed by atoms with Gasteiger partial charge in [-0.05, 0) is 55.0 Å². The Morgan fingerprint density at radius 2 is 1.71 bits per heavy atom. The first-order chi connectivity index (χ1) is 20.1. The van der Waals surface area contributed by atoms with Crippen molar-refractivity contribution >= 4 is 6.08 Å². The van der Waals surface area contributed by atoms with Crippen molar-refractivity contribution in [3.05, 3.63) is 78.4 Å². The molecule has 9 nitrogen and oxygen atoms in total. The molecule has 3 aromatic rings. The summed E-state index contributed by atoms with van der Waals surface area (Å²) in [7, 11) is 0. The maximum Gasteiger partial charge on any atom is 0.158 e. The Balaban J connectivity index is 1.32. The highest BCUT2D eigenvalue weighted by Gasteiger charge is 2.22. The molecule has 2 aromatic carbocycles. The normalized spacial score (nSPS) is 17.2. The molecule has 3 atom stereocenters. The molecule has 1 unspecified atom stereocenters. The van der Waals surface area contributed by atoms with Crippen molar-refractivity contribution in [1.29, 1.82) is 0 Å². The number of imidazole rings is 1. The Morgan fingerprint density at radius 3 is 2.34 bits per heavy atom. The Bertz CT molecular complexity index is 1170. The number of benzene rings is 2. The average Bonchev–Trinajstić information content (AvgIpc) is 3.49. The zero-order valence-electron chi connectivity index (χ0n) is 23.8. The van der Waals surface area contributed by atoms with E-state index in [1.165, 1.54) is 0 Å². The second-order valence-corrected chi connectivity index (χ2v) is 10.2. The molecule has 0 aliphatic carbocycles. The Hall–Kier alpha value is -3.05. The molecule has 0 saturated carbocycles. The summed E-state index contributed by atoms with van der Waals surface area (Å²) < 4.78 is 19.6. The van der Waals surface area contributed by atoms with Crippen LogP contribution in [0.4, 0.5) is 0 Å². The quantitative estimate of drug-likeness (QED) is 0.239. The van der Waals surface area contributed by atoms with Crippen LogP contribution < -0.4 is 4.74 Å². The Labute approximate surface area is 242 Å². The molecule has 0 bridgehead atoms. The van der Waals surface area contributed by atoms with Crippen LogP contribution >= 0.6 is 0 Å². The smallest absolute Gasteiger partial charge is 0.158 e. The van der Waals surface area contributed by atoms with E-state index in [0.29, 0.717) is 26.2 Å². The lowest BCUT2D eigenvalue weighted by Gasteiger charge is -2.27. The van der Waals surface area contributed by atoms with Crippen LogP contribution in [-0.4, -0.2) is 88.7 Å². The largest absolute Gasteiger partial charge is 0.492 e. The van der Waals surface area contributed by atoms with E-state index in [4.69, 9.17) is 24.4 Å². The number of hydrogen-bond acceptors (Lipinski definition) is 8. The molecule has 9 heteroatoms. The second-order valence-electron chi connectivity index (χ2n) is 10.2. The highest BCUT2D eigenvalue weighted by Crippen LogP contribution is 2.26. The van der Waals surface area contributed by atoms with Crippen molar-refractivity contribution < 1.29 is 29.5 Å². The first-order valence-corrected chi connectivity index (χ1v) is 14.5. The third-order valence-electron chi connectivity index (χ3n) is 7.22. The Morgan fingerprint density at radius 1 is 1.00 bits per heavy atom. The van der Waals surface area contributed by atoms with E-state index in [9.17, 15) is 5.11 Å². The molecule has 4 rings (SSSR count). The lowest BCUT2D eigenvalue weighted by Crippen LogP contribution is -2.33. The van der Waals surface area contributed by atoms with Crippen molar-refractivity contribution in [2.24, 2.45) is 0 Å². The van der Waals surface area contributed by atoms with E-state index in [1.807, 2.05) is 59.0 Å². The molecule has 1 aliphatic heterocycles. The fraction of sp³-hybridized carbons (Fsp3) is 0.469. The minimum atomic E-state index is -0.266. The van der Waals surface area contributed by atoms with E-state index >= 15 is 0 Å². The molecule has 3 N–H and O–H groups in total. The van der Waals surface area contributed by atoms with Gasteiger partial charge in [0.15, 0.2) is 6.29 Å². The van der Waals surface area contributed by atoms with Gasteiger partial charge in [-0.25, -0.2) is 4.98 Å². The fourth-order valence-electron chi connectivity index (χ4n) is 4.93. The summed E-state index contributed by atoms with van der Waals surface area (Å²) in [5.74, 6) is 1.54. The molecule has 0 radical (unpaired) electrons. The van der Waals surface area contributed by atoms with Gasteiger partial charge < -0.3 is 34.1 Å². The maximum absolute atomic E-state index is 10.1. The van der Waals surface area contributed by atoms with Gasteiger partial charge in [-0.15, -0.1) is 0 Å². The Kier molecular flexibility index (Phi) is 12.4. The summed E-state index contributed by atoms with van der Waals surface area (Å²) in [5.41, 5.74) is 3.21. The molecule has 0 amide bonds. The van der Waals surface area contributed by atoms with Crippen LogP contribution in [0.15, 0.2) is 67.0 Å². The number of ether oxygens (including phenoxy) is 3. The molecule has 1 aromatic heterocycles. The lowest BCUT2D eigenvalue weighted by atomic mass is 10.0. The van der Waals surface area contributed by atoms with Crippen LogP contribution in [0.25, 0.3) is 17.2 Å². The van der Waals surface area contributed by atoms with Crippen LogP contribution in [0.2, 0.25) is 0 Å². The third-order valence-corrected chi connectivity index (χ3v) is 7.22. The van der Waals surface area contributed by atoms with Crippen molar-refractivity contribution in [3.8, 4) is 16.9 Å². The van der Waals surface area contributed by atoms with Crippen LogP contribution in [-0.2, 0) is 9.47 Å². The molecular weight excluding hydrogens is 522 g/mol. The summed E-state index contributed by atoms with van der Waals surface area (Å²) in [6.07, 6.45) is 10.2. The molecule has 0 spiro atoms. The topological polar surface area (TPSA) is 109 Å². The zero-order valence-corrected chi connectivity index (χ0v) is 23.8. The number of rotatable bonds is 16. The van der Waals surface area contributed by atoms with Crippen LogP contribution in [0.1, 0.15) is 49.7 Å². The minimum absolute atomic E-state index is 0.0556.